The zero-order valence-electron chi connectivity index (χ0n) is 13.1. The highest BCUT2D eigenvalue weighted by molar-refractivity contribution is 7.98. The van der Waals surface area contributed by atoms with E-state index in [4.69, 9.17) is 0 Å². The van der Waals surface area contributed by atoms with Crippen LogP contribution in [0.5, 0.6) is 0 Å². The predicted molar refractivity (Wildman–Crippen MR) is 102 cm³/mol. The average molecular weight is 376 g/mol. The Balaban J connectivity index is 1.83. The van der Waals surface area contributed by atoms with Crippen molar-refractivity contribution in [3.05, 3.63) is 74.6 Å². The number of benzene rings is 1. The zero-order chi connectivity index (χ0) is 17.0. The number of hydrogen-bond donors (Lipinski definition) is 2. The van der Waals surface area contributed by atoms with Crippen molar-refractivity contribution in [1.82, 2.24) is 5.32 Å². The van der Waals surface area contributed by atoms with E-state index < -0.39 is 5.60 Å². The van der Waals surface area contributed by atoms with Crippen LogP contribution < -0.4 is 5.32 Å². The van der Waals surface area contributed by atoms with Crippen LogP contribution in [-0.2, 0) is 5.60 Å². The van der Waals surface area contributed by atoms with Crippen molar-refractivity contribution in [3.8, 4) is 0 Å². The van der Waals surface area contributed by atoms with E-state index in [1.165, 1.54) is 34.4 Å². The quantitative estimate of drug-likeness (QED) is 0.635. The lowest BCUT2D eigenvalue weighted by Crippen LogP contribution is -2.41. The molecule has 0 aliphatic heterocycles. The van der Waals surface area contributed by atoms with Crippen molar-refractivity contribution in [3.63, 3.8) is 0 Å². The minimum Gasteiger partial charge on any atom is -0.378 e. The Labute approximate surface area is 153 Å². The van der Waals surface area contributed by atoms with E-state index in [2.05, 4.69) is 5.32 Å². The molecule has 0 spiro atoms. The molecule has 3 rings (SSSR count). The molecule has 1 aromatic carbocycles. The summed E-state index contributed by atoms with van der Waals surface area (Å²) in [6, 6.07) is 13.2. The van der Waals surface area contributed by atoms with Gasteiger partial charge in [-0.25, -0.2) is 0 Å². The molecular weight excluding hydrogens is 358 g/mol. The second-order valence-corrected chi connectivity index (χ2v) is 7.81. The Bertz CT molecular complexity index is 763. The van der Waals surface area contributed by atoms with Gasteiger partial charge >= 0.3 is 0 Å². The van der Waals surface area contributed by atoms with Crippen LogP contribution in [0.3, 0.4) is 0 Å². The summed E-state index contributed by atoms with van der Waals surface area (Å²) in [7, 11) is 0. The van der Waals surface area contributed by atoms with Crippen LogP contribution in [-0.4, -0.2) is 23.8 Å². The fraction of sp³-hybridized carbons (Fsp3) is 0.167. The molecule has 124 valence electrons. The highest BCUT2D eigenvalue weighted by Gasteiger charge is 2.33. The van der Waals surface area contributed by atoms with Crippen molar-refractivity contribution < 1.29 is 9.90 Å². The van der Waals surface area contributed by atoms with Crippen LogP contribution >= 0.6 is 34.4 Å². The van der Waals surface area contributed by atoms with Crippen molar-refractivity contribution in [2.24, 2.45) is 0 Å². The van der Waals surface area contributed by atoms with Gasteiger partial charge in [0, 0.05) is 15.3 Å². The fourth-order valence-corrected chi connectivity index (χ4v) is 4.65. The lowest BCUT2D eigenvalue weighted by atomic mass is 9.94. The summed E-state index contributed by atoms with van der Waals surface area (Å²) < 4.78 is 0. The Morgan fingerprint density at radius 3 is 2.71 bits per heavy atom. The smallest absolute Gasteiger partial charge is 0.252 e. The van der Waals surface area contributed by atoms with Gasteiger partial charge in [-0.15, -0.1) is 23.1 Å². The van der Waals surface area contributed by atoms with Gasteiger partial charge in [0.15, 0.2) is 0 Å². The molecule has 1 amide bonds. The van der Waals surface area contributed by atoms with Gasteiger partial charge in [-0.2, -0.15) is 11.3 Å². The molecule has 0 radical (unpaired) electrons. The topological polar surface area (TPSA) is 49.3 Å². The number of amides is 1. The lowest BCUT2D eigenvalue weighted by molar-refractivity contribution is 0.0719. The summed E-state index contributed by atoms with van der Waals surface area (Å²) in [5.41, 5.74) is 0.218. The third kappa shape index (κ3) is 3.42. The standard InChI is InChI=1S/C18H17NO2S3/c1-22-15-6-3-2-5-14(15)17(20)19-12-18(21,13-8-10-23-11-13)16-7-4-9-24-16/h2-11,21H,12H2,1H3,(H,19,20). The maximum atomic E-state index is 12.6. The molecule has 2 N–H and O–H groups in total. The Kier molecular flexibility index (Phi) is 5.40. The van der Waals surface area contributed by atoms with Crippen molar-refractivity contribution >= 4 is 40.3 Å². The fourth-order valence-electron chi connectivity index (χ4n) is 2.48. The van der Waals surface area contributed by atoms with Gasteiger partial charge in [0.05, 0.1) is 12.1 Å². The monoisotopic (exact) mass is 375 g/mol. The van der Waals surface area contributed by atoms with Gasteiger partial charge in [0.25, 0.3) is 5.91 Å². The van der Waals surface area contributed by atoms with E-state index in [1.54, 1.807) is 6.07 Å². The number of nitrogens with one attached hydrogen (secondary N) is 1. The summed E-state index contributed by atoms with van der Waals surface area (Å²) in [6.45, 7) is 0.131. The molecule has 6 heteroatoms. The highest BCUT2D eigenvalue weighted by atomic mass is 32.2. The zero-order valence-corrected chi connectivity index (χ0v) is 15.5. The van der Waals surface area contributed by atoms with E-state index in [0.717, 1.165) is 15.3 Å². The largest absolute Gasteiger partial charge is 0.378 e. The average Bonchev–Trinajstić information content (AvgIpc) is 3.33. The second kappa shape index (κ2) is 7.53. The number of thiophene rings is 2. The summed E-state index contributed by atoms with van der Waals surface area (Å²) in [4.78, 5) is 14.3. The first-order valence-electron chi connectivity index (χ1n) is 7.35. The van der Waals surface area contributed by atoms with Gasteiger partial charge in [0.1, 0.15) is 5.60 Å². The number of carbonyl (C=O) groups is 1. The van der Waals surface area contributed by atoms with Crippen LogP contribution in [0.4, 0.5) is 0 Å². The van der Waals surface area contributed by atoms with Crippen molar-refractivity contribution in [2.45, 2.75) is 10.5 Å². The van der Waals surface area contributed by atoms with E-state index in [1.807, 2.05) is 58.8 Å². The van der Waals surface area contributed by atoms with Crippen LogP contribution in [0, 0.1) is 0 Å². The molecule has 0 fully saturated rings. The number of rotatable bonds is 6. The number of carbonyl (C=O) groups excluding carboxylic acids is 1. The molecule has 3 aromatic rings. The van der Waals surface area contributed by atoms with Gasteiger partial charge < -0.3 is 10.4 Å². The number of thioether (sulfide) groups is 1. The van der Waals surface area contributed by atoms with Gasteiger partial charge in [0.2, 0.25) is 0 Å². The Morgan fingerprint density at radius 1 is 1.21 bits per heavy atom. The van der Waals surface area contributed by atoms with Gasteiger partial charge in [-0.05, 0) is 46.7 Å². The number of hydrogen-bond acceptors (Lipinski definition) is 5. The maximum absolute atomic E-state index is 12.6. The molecule has 0 saturated carbocycles. The van der Waals surface area contributed by atoms with E-state index in [-0.39, 0.29) is 12.5 Å². The van der Waals surface area contributed by atoms with Gasteiger partial charge in [-0.3, -0.25) is 4.79 Å². The molecule has 1 unspecified atom stereocenters. The van der Waals surface area contributed by atoms with Crippen molar-refractivity contribution in [1.29, 1.82) is 0 Å². The van der Waals surface area contributed by atoms with Crippen LogP contribution in [0.15, 0.2) is 63.5 Å². The first-order chi connectivity index (χ1) is 11.6. The maximum Gasteiger partial charge on any atom is 0.252 e. The lowest BCUT2D eigenvalue weighted by Gasteiger charge is -2.27. The first-order valence-corrected chi connectivity index (χ1v) is 10.4. The molecular formula is C18H17NO2S3. The third-order valence-corrected chi connectivity index (χ3v) is 6.28. The minimum atomic E-state index is -1.21. The third-order valence-electron chi connectivity index (χ3n) is 3.78. The molecule has 0 aliphatic carbocycles. The first kappa shape index (κ1) is 17.2. The Morgan fingerprint density at radius 2 is 2.04 bits per heavy atom. The molecule has 24 heavy (non-hydrogen) atoms. The van der Waals surface area contributed by atoms with Crippen LogP contribution in [0.25, 0.3) is 0 Å². The van der Waals surface area contributed by atoms with E-state index >= 15 is 0 Å². The summed E-state index contributed by atoms with van der Waals surface area (Å²) in [5, 5.41) is 19.9. The molecule has 0 saturated heterocycles. The second-order valence-electron chi connectivity index (χ2n) is 5.23. The molecule has 3 nitrogen and oxygen atoms in total. The summed E-state index contributed by atoms with van der Waals surface area (Å²) in [5.74, 6) is -0.176. The van der Waals surface area contributed by atoms with E-state index in [0.29, 0.717) is 5.56 Å². The molecule has 2 heterocycles. The molecule has 0 aliphatic rings. The SMILES string of the molecule is CSc1ccccc1C(=O)NCC(O)(c1ccsc1)c1cccs1. The molecule has 0 bridgehead atoms. The van der Waals surface area contributed by atoms with Crippen molar-refractivity contribution in [2.75, 3.05) is 12.8 Å². The minimum absolute atomic E-state index is 0.131. The predicted octanol–water partition coefficient (Wildman–Crippen LogP) is 4.20. The van der Waals surface area contributed by atoms with Gasteiger partial charge in [-0.1, -0.05) is 18.2 Å². The normalized spacial score (nSPS) is 13.4. The van der Waals surface area contributed by atoms with Crippen LogP contribution in [0.1, 0.15) is 20.8 Å². The molecule has 2 aromatic heterocycles. The van der Waals surface area contributed by atoms with E-state index in [9.17, 15) is 9.90 Å². The number of aliphatic hydroxyl groups is 1. The highest BCUT2D eigenvalue weighted by Crippen LogP contribution is 2.33. The Hall–Kier alpha value is -1.60. The van der Waals surface area contributed by atoms with Crippen LogP contribution in [0.2, 0.25) is 0 Å². The molecule has 1 atom stereocenters. The summed E-state index contributed by atoms with van der Waals surface area (Å²) in [6.07, 6.45) is 1.94. The summed E-state index contributed by atoms with van der Waals surface area (Å²) >= 11 is 4.54.